The third-order valence-electron chi connectivity index (χ3n) is 4.54. The minimum atomic E-state index is -0.224. The number of hydrogen-bond acceptors (Lipinski definition) is 4. The van der Waals surface area contributed by atoms with Crippen molar-refractivity contribution in [2.24, 2.45) is 5.92 Å². The lowest BCUT2D eigenvalue weighted by molar-refractivity contribution is 0.0456. The van der Waals surface area contributed by atoms with Crippen molar-refractivity contribution in [1.82, 2.24) is 4.90 Å². The molecule has 4 nitrogen and oxygen atoms in total. The Bertz CT molecular complexity index is 450. The molecule has 1 fully saturated rings. The first-order valence-electron chi connectivity index (χ1n) is 8.19. The summed E-state index contributed by atoms with van der Waals surface area (Å²) in [6, 6.07) is 8.36. The molecule has 0 heterocycles. The first-order chi connectivity index (χ1) is 10.6. The molecule has 0 radical (unpaired) electrons. The lowest BCUT2D eigenvalue weighted by atomic mass is 9.84. The van der Waals surface area contributed by atoms with Crippen LogP contribution in [0.1, 0.15) is 43.7 Å². The molecule has 22 heavy (non-hydrogen) atoms. The monoisotopic (exact) mass is 307 g/mol. The second-order valence-corrected chi connectivity index (χ2v) is 6.40. The van der Waals surface area contributed by atoms with E-state index in [1.165, 1.54) is 18.4 Å². The zero-order chi connectivity index (χ0) is 15.9. The van der Waals surface area contributed by atoms with E-state index in [0.29, 0.717) is 0 Å². The highest BCUT2D eigenvalue weighted by Crippen LogP contribution is 2.37. The van der Waals surface area contributed by atoms with Gasteiger partial charge in [-0.1, -0.05) is 31.4 Å². The van der Waals surface area contributed by atoms with Gasteiger partial charge >= 0.3 is 0 Å². The van der Waals surface area contributed by atoms with Gasteiger partial charge < -0.3 is 19.5 Å². The van der Waals surface area contributed by atoms with E-state index in [-0.39, 0.29) is 24.9 Å². The maximum absolute atomic E-state index is 10.6. The predicted molar refractivity (Wildman–Crippen MR) is 88.0 cm³/mol. The fourth-order valence-corrected chi connectivity index (χ4v) is 3.53. The summed E-state index contributed by atoms with van der Waals surface area (Å²) in [7, 11) is 5.80. The number of aliphatic hydroxyl groups is 1. The minimum absolute atomic E-state index is 0.208. The van der Waals surface area contributed by atoms with Crippen molar-refractivity contribution in [3.63, 3.8) is 0 Å². The maximum atomic E-state index is 10.6. The van der Waals surface area contributed by atoms with E-state index in [2.05, 4.69) is 31.1 Å². The normalized spacial score (nSPS) is 24.0. The lowest BCUT2D eigenvalue weighted by Crippen LogP contribution is -2.34. The summed E-state index contributed by atoms with van der Waals surface area (Å²) in [5.41, 5.74) is 1.20. The number of hydrogen-bond donors (Lipinski definition) is 1. The summed E-state index contributed by atoms with van der Waals surface area (Å²) in [4.78, 5) is 2.22. The van der Waals surface area contributed by atoms with Crippen molar-refractivity contribution in [2.75, 3.05) is 28.0 Å². The van der Waals surface area contributed by atoms with Crippen molar-refractivity contribution in [2.45, 2.75) is 44.2 Å². The molecular weight excluding hydrogens is 278 g/mol. The molecule has 0 saturated heterocycles. The molecular formula is C18H29NO3. The van der Waals surface area contributed by atoms with E-state index in [4.69, 9.17) is 9.47 Å². The highest BCUT2D eigenvalue weighted by atomic mass is 16.7. The highest BCUT2D eigenvalue weighted by Gasteiger charge is 2.32. The van der Waals surface area contributed by atoms with Gasteiger partial charge in [0.05, 0.1) is 6.10 Å². The van der Waals surface area contributed by atoms with Crippen molar-refractivity contribution < 1.29 is 14.6 Å². The first kappa shape index (κ1) is 17.3. The number of ether oxygens (including phenoxy) is 2. The molecule has 3 unspecified atom stereocenters. The second kappa shape index (κ2) is 8.51. The van der Waals surface area contributed by atoms with Crippen molar-refractivity contribution >= 4 is 0 Å². The standard InChI is InChI=1S/C18H29NO3/c1-19(2)18(16-10-5-4-6-11-17(16)20)14-8-7-9-15(12-14)22-13-21-3/h7-9,12,16-18,20H,4-6,10-11,13H2,1-3H3. The van der Waals surface area contributed by atoms with E-state index in [1.54, 1.807) is 7.11 Å². The fraction of sp³-hybridized carbons (Fsp3) is 0.667. The summed E-state index contributed by atoms with van der Waals surface area (Å²) in [6.07, 6.45) is 5.33. The zero-order valence-electron chi connectivity index (χ0n) is 14.0. The molecule has 1 aliphatic rings. The van der Waals surface area contributed by atoms with Gasteiger partial charge in [-0.2, -0.15) is 0 Å². The summed E-state index contributed by atoms with van der Waals surface area (Å²) < 4.78 is 10.5. The quantitative estimate of drug-likeness (QED) is 0.647. The number of benzene rings is 1. The molecule has 0 bridgehead atoms. The molecule has 1 saturated carbocycles. The van der Waals surface area contributed by atoms with Crippen LogP contribution in [-0.2, 0) is 4.74 Å². The second-order valence-electron chi connectivity index (χ2n) is 6.40. The van der Waals surface area contributed by atoms with E-state index in [1.807, 2.05) is 12.1 Å². The Balaban J connectivity index is 2.23. The van der Waals surface area contributed by atoms with E-state index in [9.17, 15) is 5.11 Å². The molecule has 124 valence electrons. The number of nitrogens with zero attached hydrogens (tertiary/aromatic N) is 1. The Morgan fingerprint density at radius 3 is 2.73 bits per heavy atom. The zero-order valence-corrected chi connectivity index (χ0v) is 14.0. The van der Waals surface area contributed by atoms with Gasteiger partial charge in [0.2, 0.25) is 0 Å². The smallest absolute Gasteiger partial charge is 0.188 e. The van der Waals surface area contributed by atoms with Crippen LogP contribution in [-0.4, -0.2) is 44.1 Å². The molecule has 0 amide bonds. The molecule has 1 aromatic carbocycles. The van der Waals surface area contributed by atoms with Crippen molar-refractivity contribution in [1.29, 1.82) is 0 Å². The maximum Gasteiger partial charge on any atom is 0.188 e. The third kappa shape index (κ3) is 4.45. The van der Waals surface area contributed by atoms with Crippen LogP contribution < -0.4 is 4.74 Å². The lowest BCUT2D eigenvalue weighted by Gasteiger charge is -2.35. The van der Waals surface area contributed by atoms with Gasteiger partial charge in [0.25, 0.3) is 0 Å². The number of aliphatic hydroxyl groups excluding tert-OH is 1. The molecule has 3 atom stereocenters. The van der Waals surface area contributed by atoms with Crippen LogP contribution in [0.2, 0.25) is 0 Å². The van der Waals surface area contributed by atoms with Crippen molar-refractivity contribution in [3.8, 4) is 5.75 Å². The Labute approximate surface area is 134 Å². The van der Waals surface area contributed by atoms with Gasteiger partial charge in [-0.15, -0.1) is 0 Å². The molecule has 0 aromatic heterocycles. The number of rotatable bonds is 6. The van der Waals surface area contributed by atoms with Gasteiger partial charge in [-0.25, -0.2) is 0 Å². The van der Waals surface area contributed by atoms with Gasteiger partial charge in [0.15, 0.2) is 6.79 Å². The van der Waals surface area contributed by atoms with Crippen LogP contribution in [0, 0.1) is 5.92 Å². The summed E-state index contributed by atoms with van der Waals surface area (Å²) in [6.45, 7) is 0.252. The molecule has 0 aliphatic heterocycles. The topological polar surface area (TPSA) is 41.9 Å². The molecule has 0 spiro atoms. The Morgan fingerprint density at radius 1 is 1.23 bits per heavy atom. The number of methoxy groups -OCH3 is 1. The van der Waals surface area contributed by atoms with Crippen LogP contribution in [0.4, 0.5) is 0 Å². The molecule has 1 aliphatic carbocycles. The first-order valence-corrected chi connectivity index (χ1v) is 8.19. The van der Waals surface area contributed by atoms with Crippen LogP contribution in [0.15, 0.2) is 24.3 Å². The largest absolute Gasteiger partial charge is 0.468 e. The van der Waals surface area contributed by atoms with Crippen LogP contribution in [0.5, 0.6) is 5.75 Å². The Kier molecular flexibility index (Phi) is 6.68. The summed E-state index contributed by atoms with van der Waals surface area (Å²) in [5, 5.41) is 10.6. The minimum Gasteiger partial charge on any atom is -0.468 e. The summed E-state index contributed by atoms with van der Waals surface area (Å²) >= 11 is 0. The SMILES string of the molecule is COCOc1cccc(C(C2CCCCCC2O)N(C)C)c1. The average Bonchev–Trinajstić information content (AvgIpc) is 2.71. The van der Waals surface area contributed by atoms with E-state index in [0.717, 1.165) is 25.0 Å². The van der Waals surface area contributed by atoms with Crippen LogP contribution >= 0.6 is 0 Å². The molecule has 1 aromatic rings. The molecule has 1 N–H and O–H groups in total. The highest BCUT2D eigenvalue weighted by molar-refractivity contribution is 5.31. The molecule has 4 heteroatoms. The molecule has 2 rings (SSSR count). The Morgan fingerprint density at radius 2 is 2.00 bits per heavy atom. The van der Waals surface area contributed by atoms with Gasteiger partial charge in [0.1, 0.15) is 5.75 Å². The average molecular weight is 307 g/mol. The van der Waals surface area contributed by atoms with E-state index >= 15 is 0 Å². The van der Waals surface area contributed by atoms with Gasteiger partial charge in [0, 0.05) is 19.1 Å². The van der Waals surface area contributed by atoms with Crippen LogP contribution in [0.25, 0.3) is 0 Å². The van der Waals surface area contributed by atoms with Crippen LogP contribution in [0.3, 0.4) is 0 Å². The van der Waals surface area contributed by atoms with E-state index < -0.39 is 0 Å². The summed E-state index contributed by atoms with van der Waals surface area (Å²) in [5.74, 6) is 1.09. The third-order valence-corrected chi connectivity index (χ3v) is 4.54. The predicted octanol–water partition coefficient (Wildman–Crippen LogP) is 3.21. The van der Waals surface area contributed by atoms with Gasteiger partial charge in [-0.05, 0) is 44.6 Å². The Hall–Kier alpha value is -1.10. The van der Waals surface area contributed by atoms with Crippen molar-refractivity contribution in [3.05, 3.63) is 29.8 Å². The van der Waals surface area contributed by atoms with Gasteiger partial charge in [-0.3, -0.25) is 0 Å². The fourth-order valence-electron chi connectivity index (χ4n) is 3.53.